The molecule has 1 N–H and O–H groups in total. The fourth-order valence-corrected chi connectivity index (χ4v) is 2.27. The van der Waals surface area contributed by atoms with E-state index in [4.69, 9.17) is 4.74 Å². The molecule has 0 heterocycles. The quantitative estimate of drug-likeness (QED) is 0.916. The van der Waals surface area contributed by atoms with Crippen molar-refractivity contribution >= 4 is 16.6 Å². The molecule has 19 heavy (non-hydrogen) atoms. The van der Waals surface area contributed by atoms with Gasteiger partial charge < -0.3 is 9.84 Å². The van der Waals surface area contributed by atoms with Crippen molar-refractivity contribution in [3.8, 4) is 5.75 Å². The van der Waals surface area contributed by atoms with Crippen molar-refractivity contribution < 1.29 is 14.6 Å². The minimum atomic E-state index is -1.13. The molecule has 100 valence electrons. The fourth-order valence-electron chi connectivity index (χ4n) is 2.27. The van der Waals surface area contributed by atoms with Gasteiger partial charge in [0.05, 0.1) is 12.7 Å². The Bertz CT molecular complexity index is 614. The summed E-state index contributed by atoms with van der Waals surface area (Å²) < 4.78 is 5.18. The first-order chi connectivity index (χ1) is 8.92. The molecule has 0 saturated carbocycles. The lowest BCUT2D eigenvalue weighted by atomic mass is 9.89. The Balaban J connectivity index is 2.44. The van der Waals surface area contributed by atoms with Crippen molar-refractivity contribution in [1.29, 1.82) is 0 Å². The van der Waals surface area contributed by atoms with E-state index in [-0.39, 0.29) is 12.2 Å². The molecule has 0 radical (unpaired) electrons. The number of methoxy groups -OCH3 is 1. The zero-order valence-electron chi connectivity index (χ0n) is 11.4. The number of ketones is 1. The molecule has 0 aliphatic heterocycles. The molecule has 3 heteroatoms. The Morgan fingerprint density at radius 3 is 2.47 bits per heavy atom. The van der Waals surface area contributed by atoms with Gasteiger partial charge in [-0.2, -0.15) is 0 Å². The summed E-state index contributed by atoms with van der Waals surface area (Å²) in [6.07, 6.45) is 0.120. The molecule has 0 saturated heterocycles. The molecule has 0 aromatic heterocycles. The second-order valence-electron chi connectivity index (χ2n) is 5.08. The number of Topliss-reactive ketones (excluding diaryl/α,β-unsaturated/α-hetero) is 1. The zero-order valence-corrected chi connectivity index (χ0v) is 11.4. The Kier molecular flexibility index (Phi) is 3.58. The molecule has 1 unspecified atom stereocenters. The first kappa shape index (κ1) is 13.6. The van der Waals surface area contributed by atoms with Crippen LogP contribution in [0.1, 0.15) is 25.8 Å². The molecule has 1 atom stereocenters. The highest BCUT2D eigenvalue weighted by atomic mass is 16.5. The second-order valence-corrected chi connectivity index (χ2v) is 5.08. The van der Waals surface area contributed by atoms with Crippen molar-refractivity contribution in [2.75, 3.05) is 7.11 Å². The predicted octanol–water partition coefficient (Wildman–Crippen LogP) is 3.04. The van der Waals surface area contributed by atoms with E-state index in [0.29, 0.717) is 0 Å². The van der Waals surface area contributed by atoms with Gasteiger partial charge in [0.2, 0.25) is 0 Å². The number of benzene rings is 2. The van der Waals surface area contributed by atoms with E-state index in [0.717, 1.165) is 22.1 Å². The Hall–Kier alpha value is -1.87. The van der Waals surface area contributed by atoms with Gasteiger partial charge in [0.15, 0.2) is 0 Å². The van der Waals surface area contributed by atoms with Crippen LogP contribution in [0.2, 0.25) is 0 Å². The van der Waals surface area contributed by atoms with Crippen LogP contribution in [0.15, 0.2) is 36.4 Å². The highest BCUT2D eigenvalue weighted by molar-refractivity contribution is 5.85. The summed E-state index contributed by atoms with van der Waals surface area (Å²) in [5.74, 6) is 0.774. The van der Waals surface area contributed by atoms with Crippen LogP contribution in [0.4, 0.5) is 0 Å². The van der Waals surface area contributed by atoms with E-state index >= 15 is 0 Å². The van der Waals surface area contributed by atoms with Gasteiger partial charge in [-0.05, 0) is 48.4 Å². The van der Waals surface area contributed by atoms with Crippen LogP contribution in [-0.2, 0) is 10.4 Å². The Morgan fingerprint density at radius 2 is 1.84 bits per heavy atom. The lowest BCUT2D eigenvalue weighted by Crippen LogP contribution is -2.24. The number of hydrogen-bond acceptors (Lipinski definition) is 3. The summed E-state index contributed by atoms with van der Waals surface area (Å²) in [4.78, 5) is 11.2. The molecule has 2 rings (SSSR count). The smallest absolute Gasteiger partial charge is 0.133 e. The number of carbonyl (C=O) groups excluding carboxylic acids is 1. The Labute approximate surface area is 112 Å². The zero-order chi connectivity index (χ0) is 14.0. The molecule has 0 amide bonds. The summed E-state index contributed by atoms with van der Waals surface area (Å²) in [6, 6.07) is 11.5. The van der Waals surface area contributed by atoms with Crippen LogP contribution >= 0.6 is 0 Å². The first-order valence-electron chi connectivity index (χ1n) is 6.22. The third kappa shape index (κ3) is 2.93. The van der Waals surface area contributed by atoms with Crippen molar-refractivity contribution in [2.45, 2.75) is 25.9 Å². The molecule has 0 spiro atoms. The molecule has 0 aliphatic rings. The fraction of sp³-hybridized carbons (Fsp3) is 0.312. The topological polar surface area (TPSA) is 46.5 Å². The van der Waals surface area contributed by atoms with Gasteiger partial charge in [-0.25, -0.2) is 0 Å². The molecule has 2 aromatic rings. The minimum absolute atomic E-state index is 0.0279. The van der Waals surface area contributed by atoms with E-state index < -0.39 is 5.60 Å². The standard InChI is InChI=1S/C16H18O3/c1-11(17)10-16(2,18)14-6-4-13-9-15(19-3)7-5-12(13)8-14/h4-9,18H,10H2,1-3H3. The SMILES string of the molecule is COc1ccc2cc(C(C)(O)CC(C)=O)ccc2c1. The maximum absolute atomic E-state index is 11.2. The van der Waals surface area contributed by atoms with E-state index in [1.807, 2.05) is 36.4 Å². The number of hydrogen-bond donors (Lipinski definition) is 1. The van der Waals surface area contributed by atoms with Crippen molar-refractivity contribution in [1.82, 2.24) is 0 Å². The van der Waals surface area contributed by atoms with Gasteiger partial charge in [-0.1, -0.05) is 18.2 Å². The third-order valence-electron chi connectivity index (χ3n) is 3.26. The van der Waals surface area contributed by atoms with Crippen molar-refractivity contribution in [3.05, 3.63) is 42.0 Å². The van der Waals surface area contributed by atoms with Gasteiger partial charge >= 0.3 is 0 Å². The molecule has 3 nitrogen and oxygen atoms in total. The molecular formula is C16H18O3. The number of rotatable bonds is 4. The molecule has 0 fully saturated rings. The summed E-state index contributed by atoms with van der Waals surface area (Å²) in [6.45, 7) is 3.15. The van der Waals surface area contributed by atoms with Crippen LogP contribution in [0, 0.1) is 0 Å². The summed E-state index contributed by atoms with van der Waals surface area (Å²) in [7, 11) is 1.63. The van der Waals surface area contributed by atoms with Crippen molar-refractivity contribution in [2.24, 2.45) is 0 Å². The van der Waals surface area contributed by atoms with Crippen LogP contribution in [-0.4, -0.2) is 18.0 Å². The molecule has 0 aliphatic carbocycles. The van der Waals surface area contributed by atoms with Crippen LogP contribution in [0.3, 0.4) is 0 Å². The molecule has 2 aromatic carbocycles. The van der Waals surface area contributed by atoms with E-state index in [2.05, 4.69) is 0 Å². The summed E-state index contributed by atoms with van der Waals surface area (Å²) >= 11 is 0. The summed E-state index contributed by atoms with van der Waals surface area (Å²) in [5, 5.41) is 12.4. The molecular weight excluding hydrogens is 240 g/mol. The normalized spacial score (nSPS) is 14.1. The minimum Gasteiger partial charge on any atom is -0.497 e. The first-order valence-corrected chi connectivity index (χ1v) is 6.22. The monoisotopic (exact) mass is 258 g/mol. The van der Waals surface area contributed by atoms with Gasteiger partial charge in [-0.3, -0.25) is 4.79 Å². The maximum Gasteiger partial charge on any atom is 0.133 e. The summed E-state index contributed by atoms with van der Waals surface area (Å²) in [5.41, 5.74) is -0.375. The van der Waals surface area contributed by atoms with E-state index in [1.54, 1.807) is 14.0 Å². The lowest BCUT2D eigenvalue weighted by molar-refractivity contribution is -0.121. The average molecular weight is 258 g/mol. The lowest BCUT2D eigenvalue weighted by Gasteiger charge is -2.23. The van der Waals surface area contributed by atoms with Crippen LogP contribution in [0.25, 0.3) is 10.8 Å². The predicted molar refractivity (Wildman–Crippen MR) is 75.4 cm³/mol. The van der Waals surface area contributed by atoms with E-state index in [9.17, 15) is 9.90 Å². The number of aliphatic hydroxyl groups is 1. The average Bonchev–Trinajstić information content (AvgIpc) is 2.36. The van der Waals surface area contributed by atoms with Gasteiger partial charge in [-0.15, -0.1) is 0 Å². The third-order valence-corrected chi connectivity index (χ3v) is 3.26. The van der Waals surface area contributed by atoms with Gasteiger partial charge in [0, 0.05) is 6.42 Å². The van der Waals surface area contributed by atoms with Gasteiger partial charge in [0.1, 0.15) is 11.5 Å². The van der Waals surface area contributed by atoms with Crippen molar-refractivity contribution in [3.63, 3.8) is 0 Å². The number of fused-ring (bicyclic) bond motifs is 1. The Morgan fingerprint density at radius 1 is 1.21 bits per heavy atom. The molecule has 0 bridgehead atoms. The van der Waals surface area contributed by atoms with Crippen LogP contribution < -0.4 is 4.74 Å². The van der Waals surface area contributed by atoms with Crippen LogP contribution in [0.5, 0.6) is 5.75 Å². The largest absolute Gasteiger partial charge is 0.497 e. The highest BCUT2D eigenvalue weighted by Crippen LogP contribution is 2.29. The maximum atomic E-state index is 11.2. The highest BCUT2D eigenvalue weighted by Gasteiger charge is 2.25. The second kappa shape index (κ2) is 5.02. The van der Waals surface area contributed by atoms with E-state index in [1.165, 1.54) is 6.92 Å². The number of carbonyl (C=O) groups is 1. The number of ether oxygens (including phenoxy) is 1. The van der Waals surface area contributed by atoms with Gasteiger partial charge in [0.25, 0.3) is 0 Å².